The fraction of sp³-hybridized carbons (Fsp3) is 0.0588. The van der Waals surface area contributed by atoms with Crippen molar-refractivity contribution in [2.75, 3.05) is 0 Å². The second-order valence-electron chi connectivity index (χ2n) is 4.98. The third kappa shape index (κ3) is 3.29. The van der Waals surface area contributed by atoms with Gasteiger partial charge < -0.3 is 9.84 Å². The number of aromatic carboxylic acids is 1. The zero-order valence-corrected chi connectivity index (χ0v) is 12.0. The fourth-order valence-electron chi connectivity index (χ4n) is 2.13. The van der Waals surface area contributed by atoms with Gasteiger partial charge in [0.2, 0.25) is 0 Å². The molecule has 0 atom stereocenters. The number of hydrogen-bond donors (Lipinski definition) is 1. The van der Waals surface area contributed by atoms with E-state index in [1.54, 1.807) is 24.3 Å². The van der Waals surface area contributed by atoms with Gasteiger partial charge in [-0.2, -0.15) is 13.2 Å². The number of rotatable bonds is 3. The lowest BCUT2D eigenvalue weighted by molar-refractivity contribution is -0.137. The molecule has 0 aliphatic heterocycles. The van der Waals surface area contributed by atoms with Gasteiger partial charge in [0.15, 0.2) is 0 Å². The summed E-state index contributed by atoms with van der Waals surface area (Å²) in [5, 5.41) is 9.56. The molecule has 0 saturated carbocycles. The summed E-state index contributed by atoms with van der Waals surface area (Å²) in [6, 6.07) is 12.1. The molecular formula is C17H10F3NO3. The van der Waals surface area contributed by atoms with Crippen molar-refractivity contribution in [3.05, 3.63) is 65.9 Å². The Labute approximate surface area is 134 Å². The maximum Gasteiger partial charge on any atom is 0.416 e. The highest BCUT2D eigenvalue weighted by Crippen LogP contribution is 2.31. The van der Waals surface area contributed by atoms with Crippen LogP contribution >= 0.6 is 0 Å². The Hall–Kier alpha value is -3.09. The van der Waals surface area contributed by atoms with Crippen LogP contribution in [-0.4, -0.2) is 16.1 Å². The Morgan fingerprint density at radius 2 is 1.62 bits per heavy atom. The molecule has 3 aromatic rings. The van der Waals surface area contributed by atoms with E-state index < -0.39 is 17.7 Å². The van der Waals surface area contributed by atoms with Crippen LogP contribution in [0.2, 0.25) is 0 Å². The minimum absolute atomic E-state index is 0.0705. The minimum atomic E-state index is -4.39. The van der Waals surface area contributed by atoms with Crippen LogP contribution in [0.15, 0.2) is 54.6 Å². The zero-order chi connectivity index (χ0) is 17.3. The number of carboxylic acid groups (broad SMARTS) is 1. The molecule has 0 aliphatic rings. The molecular weight excluding hydrogens is 323 g/mol. The first-order valence-corrected chi connectivity index (χ1v) is 6.82. The number of benzene rings is 2. The Morgan fingerprint density at radius 3 is 2.25 bits per heavy atom. The number of hydrogen-bond acceptors (Lipinski definition) is 3. The van der Waals surface area contributed by atoms with Crippen molar-refractivity contribution in [3.63, 3.8) is 0 Å². The maximum absolute atomic E-state index is 12.5. The highest BCUT2D eigenvalue weighted by molar-refractivity contribution is 5.90. The molecule has 0 radical (unpaired) electrons. The van der Waals surface area contributed by atoms with E-state index in [0.717, 1.165) is 12.1 Å². The summed E-state index contributed by atoms with van der Waals surface area (Å²) in [6.07, 6.45) is -4.39. The van der Waals surface area contributed by atoms with Gasteiger partial charge in [-0.3, -0.25) is 0 Å². The normalized spacial score (nSPS) is 11.5. The quantitative estimate of drug-likeness (QED) is 0.752. The van der Waals surface area contributed by atoms with Gasteiger partial charge in [-0.1, -0.05) is 6.07 Å². The fourth-order valence-corrected chi connectivity index (χ4v) is 2.13. The SMILES string of the molecule is O=C(O)c1ccc2cc(Oc3ccc(C(F)(F)F)cc3)ccc2n1. The number of alkyl halides is 3. The molecule has 0 amide bonds. The minimum Gasteiger partial charge on any atom is -0.477 e. The zero-order valence-electron chi connectivity index (χ0n) is 12.0. The number of nitrogens with zero attached hydrogens (tertiary/aromatic N) is 1. The second kappa shape index (κ2) is 5.84. The first-order valence-electron chi connectivity index (χ1n) is 6.82. The van der Waals surface area contributed by atoms with Crippen LogP contribution in [0, 0.1) is 0 Å². The molecule has 0 fully saturated rings. The van der Waals surface area contributed by atoms with Crippen molar-refractivity contribution in [1.29, 1.82) is 0 Å². The summed E-state index contributed by atoms with van der Waals surface area (Å²) in [7, 11) is 0. The molecule has 0 saturated heterocycles. The molecule has 0 bridgehead atoms. The molecule has 24 heavy (non-hydrogen) atoms. The number of carbonyl (C=O) groups is 1. The van der Waals surface area contributed by atoms with Crippen molar-refractivity contribution < 1.29 is 27.8 Å². The van der Waals surface area contributed by atoms with E-state index in [4.69, 9.17) is 9.84 Å². The molecule has 4 nitrogen and oxygen atoms in total. The predicted molar refractivity (Wildman–Crippen MR) is 80.2 cm³/mol. The van der Waals surface area contributed by atoms with Crippen LogP contribution in [0.5, 0.6) is 11.5 Å². The van der Waals surface area contributed by atoms with Crippen LogP contribution in [-0.2, 0) is 6.18 Å². The molecule has 1 aromatic heterocycles. The summed E-state index contributed by atoms with van der Waals surface area (Å²) >= 11 is 0. The maximum atomic E-state index is 12.5. The van der Waals surface area contributed by atoms with Gasteiger partial charge in [0.25, 0.3) is 0 Å². The van der Waals surface area contributed by atoms with Gasteiger partial charge in [0.1, 0.15) is 17.2 Å². The number of fused-ring (bicyclic) bond motifs is 1. The van der Waals surface area contributed by atoms with Gasteiger partial charge in [0.05, 0.1) is 11.1 Å². The van der Waals surface area contributed by atoms with Crippen LogP contribution in [0.4, 0.5) is 13.2 Å². The summed E-state index contributed by atoms with van der Waals surface area (Å²) in [5.74, 6) is -0.452. The molecule has 3 rings (SSSR count). The topological polar surface area (TPSA) is 59.4 Å². The Bertz CT molecular complexity index is 905. The van der Waals surface area contributed by atoms with Crippen LogP contribution in [0.25, 0.3) is 10.9 Å². The monoisotopic (exact) mass is 333 g/mol. The third-order valence-electron chi connectivity index (χ3n) is 3.30. The van der Waals surface area contributed by atoms with E-state index in [1.165, 1.54) is 18.2 Å². The van der Waals surface area contributed by atoms with Crippen LogP contribution in [0.3, 0.4) is 0 Å². The molecule has 7 heteroatoms. The van der Waals surface area contributed by atoms with Crippen molar-refractivity contribution in [1.82, 2.24) is 4.98 Å². The average molecular weight is 333 g/mol. The number of carboxylic acids is 1. The molecule has 1 N–H and O–H groups in total. The Kier molecular flexibility index (Phi) is 3.84. The lowest BCUT2D eigenvalue weighted by Gasteiger charge is -2.09. The molecule has 0 unspecified atom stereocenters. The predicted octanol–water partition coefficient (Wildman–Crippen LogP) is 4.74. The van der Waals surface area contributed by atoms with E-state index >= 15 is 0 Å². The highest BCUT2D eigenvalue weighted by atomic mass is 19.4. The molecule has 0 spiro atoms. The first kappa shape index (κ1) is 15.8. The number of aromatic nitrogens is 1. The van der Waals surface area contributed by atoms with Gasteiger partial charge in [-0.15, -0.1) is 0 Å². The molecule has 1 heterocycles. The standard InChI is InChI=1S/C17H10F3NO3/c18-17(19,20)11-2-4-12(5-3-11)24-13-6-8-14-10(9-13)1-7-15(21-14)16(22)23/h1-9H,(H,22,23). The van der Waals surface area contributed by atoms with Crippen molar-refractivity contribution >= 4 is 16.9 Å². The number of ether oxygens (including phenoxy) is 1. The van der Waals surface area contributed by atoms with Crippen molar-refractivity contribution in [3.8, 4) is 11.5 Å². The summed E-state index contributed by atoms with van der Waals surface area (Å²) < 4.78 is 43.1. The van der Waals surface area contributed by atoms with E-state index in [-0.39, 0.29) is 11.4 Å². The van der Waals surface area contributed by atoms with E-state index in [1.807, 2.05) is 0 Å². The molecule has 122 valence electrons. The average Bonchev–Trinajstić information content (AvgIpc) is 2.54. The van der Waals surface area contributed by atoms with E-state index in [9.17, 15) is 18.0 Å². The van der Waals surface area contributed by atoms with Gasteiger partial charge in [-0.25, -0.2) is 9.78 Å². The third-order valence-corrected chi connectivity index (χ3v) is 3.30. The Morgan fingerprint density at radius 1 is 0.958 bits per heavy atom. The van der Waals surface area contributed by atoms with Crippen LogP contribution < -0.4 is 4.74 Å². The lowest BCUT2D eigenvalue weighted by Crippen LogP contribution is -2.04. The Balaban J connectivity index is 1.85. The van der Waals surface area contributed by atoms with Crippen molar-refractivity contribution in [2.45, 2.75) is 6.18 Å². The number of halogens is 3. The van der Waals surface area contributed by atoms with Gasteiger partial charge in [0, 0.05) is 5.39 Å². The second-order valence-corrected chi connectivity index (χ2v) is 4.98. The summed E-state index contributed by atoms with van der Waals surface area (Å²) in [5.41, 5.74) is -0.340. The van der Waals surface area contributed by atoms with Gasteiger partial charge in [-0.05, 0) is 48.5 Å². The smallest absolute Gasteiger partial charge is 0.416 e. The number of pyridine rings is 1. The lowest BCUT2D eigenvalue weighted by atomic mass is 10.2. The highest BCUT2D eigenvalue weighted by Gasteiger charge is 2.30. The van der Waals surface area contributed by atoms with E-state index in [0.29, 0.717) is 16.7 Å². The largest absolute Gasteiger partial charge is 0.477 e. The summed E-state index contributed by atoms with van der Waals surface area (Å²) in [4.78, 5) is 14.9. The van der Waals surface area contributed by atoms with Crippen molar-refractivity contribution in [2.24, 2.45) is 0 Å². The van der Waals surface area contributed by atoms with Crippen LogP contribution in [0.1, 0.15) is 16.1 Å². The van der Waals surface area contributed by atoms with E-state index in [2.05, 4.69) is 4.98 Å². The van der Waals surface area contributed by atoms with Gasteiger partial charge >= 0.3 is 12.1 Å². The first-order chi connectivity index (χ1) is 11.3. The summed E-state index contributed by atoms with van der Waals surface area (Å²) in [6.45, 7) is 0. The molecule has 0 aliphatic carbocycles. The molecule has 2 aromatic carbocycles.